The van der Waals surface area contributed by atoms with Crippen LogP contribution in [0.1, 0.15) is 20.3 Å². The summed E-state index contributed by atoms with van der Waals surface area (Å²) in [6.45, 7) is 4.86. The molecule has 2 aromatic carbocycles. The van der Waals surface area contributed by atoms with Crippen LogP contribution in [0.25, 0.3) is 21.8 Å². The first-order chi connectivity index (χ1) is 21.2. The third-order valence-electron chi connectivity index (χ3n) is 8.62. The molecule has 2 aromatic heterocycles. The summed E-state index contributed by atoms with van der Waals surface area (Å²) in [5.41, 5.74) is -0.112. The molecule has 2 aliphatic heterocycles. The molecule has 3 aliphatic rings. The molecule has 0 unspecified atom stereocenters. The lowest BCUT2D eigenvalue weighted by Gasteiger charge is -2.48. The summed E-state index contributed by atoms with van der Waals surface area (Å²) in [6.07, 6.45) is 2.47. The Labute approximate surface area is 261 Å². The van der Waals surface area contributed by atoms with Crippen molar-refractivity contribution in [3.63, 3.8) is 0 Å². The molecule has 3 fully saturated rings. The number of halogens is 3. The van der Waals surface area contributed by atoms with Crippen LogP contribution >= 0.6 is 11.3 Å². The van der Waals surface area contributed by atoms with Crippen LogP contribution in [0.2, 0.25) is 0 Å². The number of sulfonamides is 1. The molecule has 0 amide bonds. The minimum absolute atomic E-state index is 0.0138. The summed E-state index contributed by atoms with van der Waals surface area (Å²) in [5.74, 6) is -3.03. The van der Waals surface area contributed by atoms with Crippen LogP contribution < -0.4 is 14.9 Å². The van der Waals surface area contributed by atoms with Crippen molar-refractivity contribution in [3.05, 3.63) is 66.1 Å². The van der Waals surface area contributed by atoms with E-state index in [1.807, 2.05) is 4.72 Å². The number of fused-ring (bicyclic) bond motifs is 1. The summed E-state index contributed by atoms with van der Waals surface area (Å²) >= 11 is 1.29. The number of nitrogens with zero attached hydrogens (tertiary/aromatic N) is 4. The number of sulfone groups is 1. The zero-order valence-corrected chi connectivity index (χ0v) is 26.4. The van der Waals surface area contributed by atoms with Crippen LogP contribution in [0, 0.1) is 29.3 Å². The molecule has 236 valence electrons. The second kappa shape index (κ2) is 10.4. The number of hydrogen-bond donors (Lipinski definition) is 2. The first-order valence-electron chi connectivity index (χ1n) is 14.1. The molecule has 2 N–H and O–H groups in total. The third-order valence-corrected chi connectivity index (χ3v) is 12.9. The van der Waals surface area contributed by atoms with Crippen molar-refractivity contribution in [1.82, 2.24) is 15.0 Å². The van der Waals surface area contributed by atoms with Gasteiger partial charge < -0.3 is 10.2 Å². The molecule has 1 aliphatic carbocycles. The van der Waals surface area contributed by atoms with Gasteiger partial charge in [-0.2, -0.15) is 0 Å². The molecule has 0 radical (unpaired) electrons. The summed E-state index contributed by atoms with van der Waals surface area (Å²) in [6, 6.07) is 8.23. The van der Waals surface area contributed by atoms with Gasteiger partial charge in [0.05, 0.1) is 33.5 Å². The standard InChI is InChI=1S/C29H27F3N6O4S3/c1-29(2)10-12-38(29)28-36-24(15-5-3-8-20(22(15)32)37-45(41,42)26-18(30)6-4-7-19(26)31)25(43-28)21-9-11-33-27(34-21)35-23-16-13-44(39,40)14-17(16)23/h3-9,11,16-17,23,37H,10,12-14H2,1-2H3,(H,33,34,35)/t16-,17+,23+. The molecule has 10 nitrogen and oxygen atoms in total. The van der Waals surface area contributed by atoms with E-state index < -0.39 is 47.9 Å². The molecule has 4 aromatic rings. The Morgan fingerprint density at radius 1 is 1.00 bits per heavy atom. The zero-order valence-electron chi connectivity index (χ0n) is 24.0. The van der Waals surface area contributed by atoms with Gasteiger partial charge >= 0.3 is 0 Å². The second-order valence-electron chi connectivity index (χ2n) is 12.1. The maximum atomic E-state index is 16.2. The SMILES string of the molecule is CC1(C)CCN1c1nc(-c2cccc(NS(=O)(=O)c3c(F)cccc3F)c2F)c(-c2ccnc(N[C@H]3[C@@H]4CS(=O)(=O)C[C@@H]43)n2)s1. The Hall–Kier alpha value is -3.76. The van der Waals surface area contributed by atoms with Gasteiger partial charge in [0, 0.05) is 29.9 Å². The van der Waals surface area contributed by atoms with Crippen LogP contribution in [0.5, 0.6) is 0 Å². The summed E-state index contributed by atoms with van der Waals surface area (Å²) in [4.78, 5) is 15.1. The van der Waals surface area contributed by atoms with Gasteiger partial charge in [-0.3, -0.25) is 4.72 Å². The second-order valence-corrected chi connectivity index (χ2v) is 16.8. The van der Waals surface area contributed by atoms with E-state index in [9.17, 15) is 25.6 Å². The van der Waals surface area contributed by atoms with Crippen LogP contribution in [-0.4, -0.2) is 61.4 Å². The molecule has 0 spiro atoms. The number of aromatic nitrogens is 3. The number of benzene rings is 2. The number of rotatable bonds is 8. The van der Waals surface area contributed by atoms with E-state index in [1.165, 1.54) is 23.5 Å². The van der Waals surface area contributed by atoms with E-state index in [2.05, 4.69) is 34.0 Å². The maximum Gasteiger partial charge on any atom is 0.267 e. The van der Waals surface area contributed by atoms with E-state index in [0.717, 1.165) is 37.2 Å². The van der Waals surface area contributed by atoms with Crippen LogP contribution in [0.3, 0.4) is 0 Å². The van der Waals surface area contributed by atoms with Crippen molar-refractivity contribution in [1.29, 1.82) is 0 Å². The largest absolute Gasteiger partial charge is 0.351 e. The maximum absolute atomic E-state index is 16.2. The third kappa shape index (κ3) is 5.31. The minimum Gasteiger partial charge on any atom is -0.351 e. The topological polar surface area (TPSA) is 134 Å². The van der Waals surface area contributed by atoms with Crippen molar-refractivity contribution < 1.29 is 30.0 Å². The highest BCUT2D eigenvalue weighted by atomic mass is 32.2. The molecular weight excluding hydrogens is 650 g/mol. The Kier molecular flexibility index (Phi) is 6.91. The number of anilines is 3. The van der Waals surface area contributed by atoms with Crippen LogP contribution in [0.15, 0.2) is 53.6 Å². The monoisotopic (exact) mass is 676 g/mol. The Morgan fingerprint density at radius 3 is 2.33 bits per heavy atom. The van der Waals surface area contributed by atoms with Crippen LogP contribution in [-0.2, 0) is 19.9 Å². The normalized spacial score (nSPS) is 22.9. The van der Waals surface area contributed by atoms with Gasteiger partial charge in [0.1, 0.15) is 11.6 Å². The van der Waals surface area contributed by atoms with Gasteiger partial charge in [-0.15, -0.1) is 0 Å². The van der Waals surface area contributed by atoms with Crippen molar-refractivity contribution in [2.24, 2.45) is 11.8 Å². The summed E-state index contributed by atoms with van der Waals surface area (Å²) in [7, 11) is -7.85. The predicted molar refractivity (Wildman–Crippen MR) is 165 cm³/mol. The highest BCUT2D eigenvalue weighted by Crippen LogP contribution is 2.49. The van der Waals surface area contributed by atoms with Gasteiger partial charge in [0.25, 0.3) is 10.0 Å². The van der Waals surface area contributed by atoms with Gasteiger partial charge in [0.15, 0.2) is 25.7 Å². The van der Waals surface area contributed by atoms with Gasteiger partial charge in [-0.1, -0.05) is 23.5 Å². The smallest absolute Gasteiger partial charge is 0.267 e. The lowest BCUT2D eigenvalue weighted by atomic mass is 9.90. The highest BCUT2D eigenvalue weighted by Gasteiger charge is 2.59. The first-order valence-corrected chi connectivity index (χ1v) is 18.2. The quantitative estimate of drug-likeness (QED) is 0.267. The van der Waals surface area contributed by atoms with E-state index in [1.54, 1.807) is 12.3 Å². The number of nitrogens with one attached hydrogen (secondary N) is 2. The van der Waals surface area contributed by atoms with Gasteiger partial charge in [-0.25, -0.2) is 45.0 Å². The lowest BCUT2D eigenvalue weighted by Crippen LogP contribution is -2.56. The Morgan fingerprint density at radius 2 is 1.69 bits per heavy atom. The van der Waals surface area contributed by atoms with Crippen molar-refractivity contribution >= 4 is 48.0 Å². The van der Waals surface area contributed by atoms with Crippen molar-refractivity contribution in [3.8, 4) is 21.8 Å². The molecule has 3 atom stereocenters. The molecular formula is C29H27F3N6O4S3. The van der Waals surface area contributed by atoms with E-state index >= 15 is 4.39 Å². The average Bonchev–Trinajstić information content (AvgIpc) is 3.26. The molecule has 1 saturated carbocycles. The molecule has 4 heterocycles. The van der Waals surface area contributed by atoms with E-state index in [0.29, 0.717) is 21.7 Å². The zero-order chi connectivity index (χ0) is 31.9. The van der Waals surface area contributed by atoms with Gasteiger partial charge in [0.2, 0.25) is 5.95 Å². The number of hydrogen-bond acceptors (Lipinski definition) is 10. The molecule has 45 heavy (non-hydrogen) atoms. The fourth-order valence-corrected chi connectivity index (χ4v) is 10.7. The van der Waals surface area contributed by atoms with Crippen molar-refractivity contribution in [2.45, 2.75) is 36.7 Å². The molecule has 2 saturated heterocycles. The molecule has 7 rings (SSSR count). The summed E-state index contributed by atoms with van der Waals surface area (Å²) in [5, 5.41) is 3.85. The fourth-order valence-electron chi connectivity index (χ4n) is 6.01. The predicted octanol–water partition coefficient (Wildman–Crippen LogP) is 4.93. The first kappa shape index (κ1) is 29.9. The highest BCUT2D eigenvalue weighted by molar-refractivity contribution is 7.92. The number of thiazole rings is 1. The Bertz CT molecular complexity index is 2030. The van der Waals surface area contributed by atoms with Gasteiger partial charge in [-0.05, 0) is 62.4 Å². The average molecular weight is 677 g/mol. The summed E-state index contributed by atoms with van der Waals surface area (Å²) < 4.78 is 96.4. The van der Waals surface area contributed by atoms with Crippen molar-refractivity contribution in [2.75, 3.05) is 33.0 Å². The van der Waals surface area contributed by atoms with Crippen LogP contribution in [0.4, 0.5) is 29.9 Å². The molecule has 0 bridgehead atoms. The van der Waals surface area contributed by atoms with E-state index in [4.69, 9.17) is 4.98 Å². The molecule has 16 heteroatoms. The minimum atomic E-state index is -4.83. The fraction of sp³-hybridized carbons (Fsp3) is 0.345. The van der Waals surface area contributed by atoms with E-state index in [-0.39, 0.29) is 46.2 Å². The Balaban J connectivity index is 1.26. The lowest BCUT2D eigenvalue weighted by molar-refractivity contribution is 0.332.